The molecule has 0 bridgehead atoms. The number of hydrogen-bond acceptors (Lipinski definition) is 2. The maximum Gasteiger partial charge on any atom is 0.0349 e. The van der Waals surface area contributed by atoms with E-state index in [1.54, 1.807) is 0 Å². The molecule has 0 N–H and O–H groups in total. The predicted octanol–water partition coefficient (Wildman–Crippen LogP) is 9.69. The Morgan fingerprint density at radius 2 is 0.567 bits per heavy atom. The Morgan fingerprint density at radius 3 is 0.833 bits per heavy atom. The van der Waals surface area contributed by atoms with Crippen LogP contribution in [0.15, 0.2) is 97.1 Å². The van der Waals surface area contributed by atoms with E-state index in [1.807, 2.05) is 22.7 Å². The van der Waals surface area contributed by atoms with Crippen LogP contribution in [0.3, 0.4) is 0 Å². The van der Waals surface area contributed by atoms with Crippen LogP contribution in [0, 0.1) is 7.14 Å². The van der Waals surface area contributed by atoms with Crippen LogP contribution in [0.25, 0.3) is 41.8 Å². The Kier molecular flexibility index (Phi) is 6.09. The fraction of sp³-hybridized carbons (Fsp3) is 0. The van der Waals surface area contributed by atoms with Crippen molar-refractivity contribution < 1.29 is 0 Å². The molecule has 0 aliphatic rings. The average molecular weight is 646 g/mol. The molecule has 0 aliphatic heterocycles. The summed E-state index contributed by atoms with van der Waals surface area (Å²) in [7, 11) is 0. The zero-order valence-electron chi connectivity index (χ0n) is 15.8. The van der Waals surface area contributed by atoms with Gasteiger partial charge in [0.15, 0.2) is 0 Å². The van der Waals surface area contributed by atoms with Gasteiger partial charge in [0.1, 0.15) is 0 Å². The third-order valence-electron chi connectivity index (χ3n) is 4.92. The van der Waals surface area contributed by atoms with Gasteiger partial charge in [-0.05, 0) is 116 Å². The van der Waals surface area contributed by atoms with Gasteiger partial charge in [0, 0.05) is 26.6 Å². The van der Waals surface area contributed by atoms with Crippen LogP contribution < -0.4 is 0 Å². The van der Waals surface area contributed by atoms with E-state index >= 15 is 0 Å². The van der Waals surface area contributed by atoms with Crippen LogP contribution >= 0.6 is 67.9 Å². The van der Waals surface area contributed by atoms with Crippen molar-refractivity contribution >= 4 is 67.9 Å². The molecule has 0 spiro atoms. The smallest absolute Gasteiger partial charge is 0.0349 e. The standard InChI is InChI=1S/C26H16I2S2/c27-21-9-5-19(6-10-21)25-15-13-23(29-25)17-1-2-18(4-3-17)24-14-16-26(30-24)20-7-11-22(28)12-8-20/h1-16H. The van der Waals surface area contributed by atoms with E-state index in [1.165, 1.54) is 48.9 Å². The van der Waals surface area contributed by atoms with E-state index in [0.29, 0.717) is 0 Å². The van der Waals surface area contributed by atoms with Gasteiger partial charge >= 0.3 is 0 Å². The first-order valence-electron chi connectivity index (χ1n) is 9.48. The molecule has 0 unspecified atom stereocenters. The van der Waals surface area contributed by atoms with E-state index in [2.05, 4.69) is 142 Å². The molecule has 5 aromatic rings. The van der Waals surface area contributed by atoms with Gasteiger partial charge in [-0.1, -0.05) is 48.5 Å². The average Bonchev–Trinajstić information content (AvgIpc) is 3.45. The molecule has 146 valence electrons. The highest BCUT2D eigenvalue weighted by molar-refractivity contribution is 14.1. The molecule has 2 aromatic heterocycles. The molecule has 0 amide bonds. The number of thiophene rings is 2. The summed E-state index contributed by atoms with van der Waals surface area (Å²) < 4.78 is 2.53. The van der Waals surface area contributed by atoms with Gasteiger partial charge in [-0.15, -0.1) is 22.7 Å². The highest BCUT2D eigenvalue weighted by atomic mass is 127. The molecule has 4 heteroatoms. The number of hydrogen-bond donors (Lipinski definition) is 0. The lowest BCUT2D eigenvalue weighted by Gasteiger charge is -2.02. The molecule has 0 saturated heterocycles. The normalized spacial score (nSPS) is 11.0. The van der Waals surface area contributed by atoms with Crippen molar-refractivity contribution in [2.45, 2.75) is 0 Å². The first-order valence-corrected chi connectivity index (χ1v) is 13.3. The number of rotatable bonds is 4. The zero-order chi connectivity index (χ0) is 20.5. The molecule has 0 aliphatic carbocycles. The second-order valence-corrected chi connectivity index (χ2v) is 11.6. The fourth-order valence-electron chi connectivity index (χ4n) is 3.32. The summed E-state index contributed by atoms with van der Waals surface area (Å²) in [6.07, 6.45) is 0. The number of benzene rings is 3. The molecule has 2 heterocycles. The van der Waals surface area contributed by atoms with E-state index in [0.717, 1.165) is 0 Å². The van der Waals surface area contributed by atoms with E-state index in [4.69, 9.17) is 0 Å². The minimum absolute atomic E-state index is 1.27. The summed E-state index contributed by atoms with van der Waals surface area (Å²) in [5.41, 5.74) is 5.11. The van der Waals surface area contributed by atoms with Gasteiger partial charge in [-0.25, -0.2) is 0 Å². The summed E-state index contributed by atoms with van der Waals surface area (Å²) in [5.74, 6) is 0. The van der Waals surface area contributed by atoms with Gasteiger partial charge in [-0.3, -0.25) is 0 Å². The second-order valence-electron chi connectivity index (χ2n) is 6.92. The Bertz CT molecular complexity index is 1180. The highest BCUT2D eigenvalue weighted by Gasteiger charge is 2.08. The third-order valence-corrected chi connectivity index (χ3v) is 8.73. The quantitative estimate of drug-likeness (QED) is 0.171. The van der Waals surface area contributed by atoms with Crippen molar-refractivity contribution in [3.05, 3.63) is 104 Å². The molecule has 0 saturated carbocycles. The summed E-state index contributed by atoms with van der Waals surface area (Å²) in [6.45, 7) is 0. The summed E-state index contributed by atoms with van der Waals surface area (Å²) >= 11 is 8.39. The largest absolute Gasteiger partial charge is 0.135 e. The lowest BCUT2D eigenvalue weighted by Crippen LogP contribution is -1.75. The van der Waals surface area contributed by atoms with E-state index < -0.39 is 0 Å². The van der Waals surface area contributed by atoms with Crippen molar-refractivity contribution in [1.82, 2.24) is 0 Å². The van der Waals surface area contributed by atoms with Gasteiger partial charge in [-0.2, -0.15) is 0 Å². The van der Waals surface area contributed by atoms with Crippen LogP contribution in [0.5, 0.6) is 0 Å². The minimum atomic E-state index is 1.27. The first-order chi connectivity index (χ1) is 14.7. The Balaban J connectivity index is 1.37. The fourth-order valence-corrected chi connectivity index (χ4v) is 6.08. The van der Waals surface area contributed by atoms with Crippen molar-refractivity contribution in [1.29, 1.82) is 0 Å². The lowest BCUT2D eigenvalue weighted by atomic mass is 10.1. The summed E-state index contributed by atoms with van der Waals surface area (Å²) in [6, 6.07) is 35.3. The lowest BCUT2D eigenvalue weighted by molar-refractivity contribution is 1.64. The maximum atomic E-state index is 2.35. The van der Waals surface area contributed by atoms with Crippen molar-refractivity contribution in [2.24, 2.45) is 0 Å². The highest BCUT2D eigenvalue weighted by Crippen LogP contribution is 2.38. The molecule has 0 nitrogen and oxygen atoms in total. The van der Waals surface area contributed by atoms with Crippen LogP contribution in [0.1, 0.15) is 0 Å². The topological polar surface area (TPSA) is 0 Å². The van der Waals surface area contributed by atoms with Crippen LogP contribution in [-0.2, 0) is 0 Å². The van der Waals surface area contributed by atoms with Gasteiger partial charge < -0.3 is 0 Å². The zero-order valence-corrected chi connectivity index (χ0v) is 21.8. The number of halogens is 2. The van der Waals surface area contributed by atoms with Gasteiger partial charge in [0.25, 0.3) is 0 Å². The monoisotopic (exact) mass is 646 g/mol. The first kappa shape index (κ1) is 20.4. The SMILES string of the molecule is Ic1ccc(-c2ccc(-c3ccc(-c4ccc(-c5ccc(I)cc5)s4)cc3)s2)cc1. The van der Waals surface area contributed by atoms with Crippen LogP contribution in [0.4, 0.5) is 0 Å². The van der Waals surface area contributed by atoms with Crippen molar-refractivity contribution in [3.63, 3.8) is 0 Å². The second kappa shape index (κ2) is 8.94. The molecule has 30 heavy (non-hydrogen) atoms. The Morgan fingerprint density at radius 1 is 0.333 bits per heavy atom. The maximum absolute atomic E-state index is 2.35. The molecule has 5 rings (SSSR count). The van der Waals surface area contributed by atoms with E-state index in [9.17, 15) is 0 Å². The molecule has 0 radical (unpaired) electrons. The van der Waals surface area contributed by atoms with Crippen LogP contribution in [0.2, 0.25) is 0 Å². The minimum Gasteiger partial charge on any atom is -0.135 e. The summed E-state index contributed by atoms with van der Waals surface area (Å²) in [5, 5.41) is 0. The van der Waals surface area contributed by atoms with Gasteiger partial charge in [0.05, 0.1) is 0 Å². The molecule has 0 fully saturated rings. The molecule has 3 aromatic carbocycles. The van der Waals surface area contributed by atoms with Crippen LogP contribution in [-0.4, -0.2) is 0 Å². The Hall–Kier alpha value is -1.48. The Labute approximate surface area is 211 Å². The summed E-state index contributed by atoms with van der Waals surface area (Å²) in [4.78, 5) is 5.23. The molecule has 0 atom stereocenters. The van der Waals surface area contributed by atoms with Gasteiger partial charge in [0.2, 0.25) is 0 Å². The molecular weight excluding hydrogens is 630 g/mol. The van der Waals surface area contributed by atoms with E-state index in [-0.39, 0.29) is 0 Å². The van der Waals surface area contributed by atoms with Crippen molar-refractivity contribution in [2.75, 3.05) is 0 Å². The predicted molar refractivity (Wildman–Crippen MR) is 149 cm³/mol. The molecular formula is C26H16I2S2. The van der Waals surface area contributed by atoms with Crippen molar-refractivity contribution in [3.8, 4) is 41.8 Å². The third kappa shape index (κ3) is 4.42.